The minimum absolute atomic E-state index is 0.0469. The van der Waals surface area contributed by atoms with E-state index in [1.807, 2.05) is 0 Å². The van der Waals surface area contributed by atoms with Gasteiger partial charge in [-0.05, 0) is 19.0 Å². The third-order valence-corrected chi connectivity index (χ3v) is 3.82. The number of nitrogens with one attached hydrogen (secondary N) is 1. The van der Waals surface area contributed by atoms with Gasteiger partial charge in [0, 0.05) is 5.56 Å². The van der Waals surface area contributed by atoms with E-state index in [0.29, 0.717) is 0 Å². The van der Waals surface area contributed by atoms with E-state index in [1.165, 1.54) is 0 Å². The molecule has 0 atom stereocenters. The van der Waals surface area contributed by atoms with Crippen molar-refractivity contribution in [3.8, 4) is 0 Å². The number of fused-ring (bicyclic) bond motifs is 1. The molecule has 0 radical (unpaired) electrons. The highest BCUT2D eigenvalue weighted by molar-refractivity contribution is 7.22. The van der Waals surface area contributed by atoms with E-state index in [0.717, 1.165) is 11.3 Å². The second-order valence-electron chi connectivity index (χ2n) is 4.27. The summed E-state index contributed by atoms with van der Waals surface area (Å²) in [6.45, 7) is 3.56. The van der Waals surface area contributed by atoms with Gasteiger partial charge in [-0.3, -0.25) is 9.59 Å². The van der Waals surface area contributed by atoms with E-state index in [4.69, 9.17) is 9.47 Å². The molecule has 0 spiro atoms. The van der Waals surface area contributed by atoms with E-state index in [1.54, 1.807) is 13.8 Å². The lowest BCUT2D eigenvalue weighted by atomic mass is 10.1. The summed E-state index contributed by atoms with van der Waals surface area (Å²) in [7, 11) is 0. The lowest BCUT2D eigenvalue weighted by molar-refractivity contribution is -0.142. The van der Waals surface area contributed by atoms with Crippen LogP contribution in [0.2, 0.25) is 0 Å². The van der Waals surface area contributed by atoms with E-state index in [-0.39, 0.29) is 46.2 Å². The number of nitroso groups, excluding NO2 is 1. The quantitative estimate of drug-likeness (QED) is 0.626. The lowest BCUT2D eigenvalue weighted by Crippen LogP contribution is -2.18. The predicted molar refractivity (Wildman–Crippen MR) is 82.0 cm³/mol. The number of aromatic nitrogens is 2. The van der Waals surface area contributed by atoms with Gasteiger partial charge >= 0.3 is 11.9 Å². The Morgan fingerprint density at radius 1 is 1.26 bits per heavy atom. The zero-order chi connectivity index (χ0) is 17.0. The van der Waals surface area contributed by atoms with Gasteiger partial charge < -0.3 is 14.5 Å². The minimum atomic E-state index is -0.785. The first-order valence-electron chi connectivity index (χ1n) is 6.73. The number of carbonyl (C=O) groups excluding carboxylic acids is 2. The first-order valence-corrected chi connectivity index (χ1v) is 7.55. The Kier molecular flexibility index (Phi) is 5.16. The number of thiophene rings is 1. The van der Waals surface area contributed by atoms with Gasteiger partial charge in [0.2, 0.25) is 5.82 Å². The number of hydrogen-bond acceptors (Lipinski definition) is 9. The maximum absolute atomic E-state index is 12.2. The smallest absolute Gasteiger partial charge is 0.374 e. The molecule has 2 aromatic rings. The number of hydrogen-bond donors (Lipinski definition) is 1. The highest BCUT2D eigenvalue weighted by Crippen LogP contribution is 2.35. The van der Waals surface area contributed by atoms with Crippen LogP contribution in [0.25, 0.3) is 10.2 Å². The van der Waals surface area contributed by atoms with Gasteiger partial charge in [0.1, 0.15) is 4.83 Å². The van der Waals surface area contributed by atoms with Crippen LogP contribution in [0.1, 0.15) is 30.0 Å². The van der Waals surface area contributed by atoms with Crippen molar-refractivity contribution >= 4 is 38.5 Å². The third kappa shape index (κ3) is 3.42. The van der Waals surface area contributed by atoms with Crippen LogP contribution < -0.4 is 5.56 Å². The Morgan fingerprint density at radius 2 is 1.96 bits per heavy atom. The Balaban J connectivity index is 2.56. The Labute approximate surface area is 133 Å². The lowest BCUT2D eigenvalue weighted by Gasteiger charge is -2.02. The van der Waals surface area contributed by atoms with Crippen LogP contribution in [-0.2, 0) is 20.7 Å². The fourth-order valence-electron chi connectivity index (χ4n) is 1.94. The van der Waals surface area contributed by atoms with Crippen molar-refractivity contribution in [3.05, 3.63) is 26.6 Å². The summed E-state index contributed by atoms with van der Waals surface area (Å²) >= 11 is 0.822. The number of esters is 2. The molecule has 122 valence electrons. The number of nitrogens with zero attached hydrogens (tertiary/aromatic N) is 2. The second kappa shape index (κ2) is 7.09. The molecule has 1 N–H and O–H groups in total. The number of rotatable bonds is 6. The van der Waals surface area contributed by atoms with Crippen molar-refractivity contribution in [2.24, 2.45) is 5.18 Å². The first-order chi connectivity index (χ1) is 11.0. The Hall–Kier alpha value is -2.62. The molecule has 0 aliphatic rings. The van der Waals surface area contributed by atoms with Crippen molar-refractivity contribution in [3.63, 3.8) is 0 Å². The average molecular weight is 339 g/mol. The molecule has 0 fully saturated rings. The molecule has 0 aromatic carbocycles. The van der Waals surface area contributed by atoms with Gasteiger partial charge in [-0.15, -0.1) is 4.91 Å². The van der Waals surface area contributed by atoms with E-state index >= 15 is 0 Å². The van der Waals surface area contributed by atoms with E-state index in [2.05, 4.69) is 15.1 Å². The molecule has 2 aromatic heterocycles. The molecule has 10 heteroatoms. The van der Waals surface area contributed by atoms with Crippen LogP contribution in [0, 0.1) is 4.91 Å². The van der Waals surface area contributed by atoms with E-state index < -0.39 is 17.5 Å². The topological polar surface area (TPSA) is 128 Å². The maximum Gasteiger partial charge on any atom is 0.374 e. The molecule has 0 bridgehead atoms. The number of ether oxygens (including phenoxy) is 2. The normalized spacial score (nSPS) is 10.5. The molecule has 2 rings (SSSR count). The van der Waals surface area contributed by atoms with Crippen LogP contribution >= 0.6 is 11.3 Å². The molecular formula is C13H13N3O6S. The van der Waals surface area contributed by atoms with Crippen LogP contribution in [-0.4, -0.2) is 35.1 Å². The molecule has 0 unspecified atom stereocenters. The summed E-state index contributed by atoms with van der Waals surface area (Å²) < 4.78 is 9.58. The van der Waals surface area contributed by atoms with Crippen LogP contribution in [0.5, 0.6) is 0 Å². The second-order valence-corrected chi connectivity index (χ2v) is 5.25. The largest absolute Gasteiger partial charge is 0.466 e. The molecule has 2 heterocycles. The summed E-state index contributed by atoms with van der Waals surface area (Å²) in [5, 5.41) is 2.82. The van der Waals surface area contributed by atoms with Gasteiger partial charge in [-0.25, -0.2) is 9.78 Å². The summed E-state index contributed by atoms with van der Waals surface area (Å²) in [6.07, 6.45) is -0.279. The monoisotopic (exact) mass is 339 g/mol. The standard InChI is InChI=1S/C13H13N3O6S/c1-3-21-7(17)5-6-8-10(18)14-9(13(19)22-4-2)15-12(8)23-11(6)16-20/h3-5H2,1-2H3,(H,14,15,18). The number of carbonyl (C=O) groups is 2. The van der Waals surface area contributed by atoms with Crippen molar-refractivity contribution in [2.45, 2.75) is 20.3 Å². The molecule has 23 heavy (non-hydrogen) atoms. The van der Waals surface area contributed by atoms with Crippen LogP contribution in [0.3, 0.4) is 0 Å². The fourth-order valence-corrected chi connectivity index (χ4v) is 2.92. The van der Waals surface area contributed by atoms with Crippen molar-refractivity contribution in [1.82, 2.24) is 9.97 Å². The van der Waals surface area contributed by atoms with Crippen molar-refractivity contribution in [1.29, 1.82) is 0 Å². The SMILES string of the molecule is CCOC(=O)Cc1c(N=O)sc2nc(C(=O)OCC)[nH]c(=O)c12. The van der Waals surface area contributed by atoms with Gasteiger partial charge in [-0.1, -0.05) is 11.3 Å². The highest BCUT2D eigenvalue weighted by atomic mass is 32.1. The van der Waals surface area contributed by atoms with Gasteiger partial charge in [0.15, 0.2) is 5.00 Å². The minimum Gasteiger partial charge on any atom is -0.466 e. The Bertz CT molecular complexity index is 825. The summed E-state index contributed by atoms with van der Waals surface area (Å²) in [5.41, 5.74) is -0.508. The summed E-state index contributed by atoms with van der Waals surface area (Å²) in [6, 6.07) is 0. The molecule has 0 aliphatic heterocycles. The van der Waals surface area contributed by atoms with Gasteiger partial charge in [0.05, 0.1) is 25.0 Å². The molecule has 0 saturated carbocycles. The molecule has 0 saturated heterocycles. The maximum atomic E-state index is 12.2. The molecule has 0 aliphatic carbocycles. The number of aromatic amines is 1. The Morgan fingerprint density at radius 3 is 2.57 bits per heavy atom. The molecule has 9 nitrogen and oxygen atoms in total. The molecule has 0 amide bonds. The molecular weight excluding hydrogens is 326 g/mol. The van der Waals surface area contributed by atoms with Gasteiger partial charge in [0.25, 0.3) is 5.56 Å². The summed E-state index contributed by atoms with van der Waals surface area (Å²) in [5.74, 6) is -1.65. The fraction of sp³-hybridized carbons (Fsp3) is 0.385. The summed E-state index contributed by atoms with van der Waals surface area (Å²) in [4.78, 5) is 52.8. The third-order valence-electron chi connectivity index (χ3n) is 2.82. The predicted octanol–water partition coefficient (Wildman–Crippen LogP) is 1.66. The van der Waals surface area contributed by atoms with Crippen molar-refractivity contribution < 1.29 is 19.1 Å². The first kappa shape index (κ1) is 16.7. The zero-order valence-corrected chi connectivity index (χ0v) is 13.2. The van der Waals surface area contributed by atoms with Crippen LogP contribution in [0.4, 0.5) is 5.00 Å². The van der Waals surface area contributed by atoms with Crippen LogP contribution in [0.15, 0.2) is 9.97 Å². The average Bonchev–Trinajstić information content (AvgIpc) is 2.85. The van der Waals surface area contributed by atoms with E-state index in [9.17, 15) is 19.3 Å². The highest BCUT2D eigenvalue weighted by Gasteiger charge is 2.22. The zero-order valence-electron chi connectivity index (χ0n) is 12.4. The van der Waals surface area contributed by atoms with Gasteiger partial charge in [-0.2, -0.15) is 0 Å². The van der Waals surface area contributed by atoms with Crippen molar-refractivity contribution in [2.75, 3.05) is 13.2 Å². The number of H-pyrrole nitrogens is 1.